The maximum absolute atomic E-state index is 4.46. The largest absolute Gasteiger partial charge is 0.248 e. The molecule has 0 radical (unpaired) electrons. The van der Waals surface area contributed by atoms with Gasteiger partial charge >= 0.3 is 0 Å². The maximum Gasteiger partial charge on any atom is 0.194 e. The average molecular weight is 310 g/mol. The third-order valence-electron chi connectivity index (χ3n) is 2.52. The molecule has 0 atom stereocenters. The van der Waals surface area contributed by atoms with Gasteiger partial charge in [-0.2, -0.15) is 0 Å². The molecule has 2 rings (SSSR count). The van der Waals surface area contributed by atoms with E-state index in [0.717, 1.165) is 31.6 Å². The lowest BCUT2D eigenvalue weighted by Gasteiger charge is -2.06. The predicted molar refractivity (Wildman–Crippen MR) is 72.3 cm³/mol. The molecular formula is C12H12BrN3S. The van der Waals surface area contributed by atoms with E-state index in [1.807, 2.05) is 32.9 Å². The number of hydrogen-bond donors (Lipinski definition) is 0. The van der Waals surface area contributed by atoms with Gasteiger partial charge in [0.1, 0.15) is 5.03 Å². The maximum atomic E-state index is 4.46. The van der Waals surface area contributed by atoms with Gasteiger partial charge in [0.2, 0.25) is 0 Å². The van der Waals surface area contributed by atoms with Gasteiger partial charge in [-0.25, -0.2) is 15.0 Å². The highest BCUT2D eigenvalue weighted by Gasteiger charge is 2.08. The summed E-state index contributed by atoms with van der Waals surface area (Å²) in [5, 5.41) is 1.63. The highest BCUT2D eigenvalue weighted by atomic mass is 79.9. The molecule has 0 bridgehead atoms. The zero-order chi connectivity index (χ0) is 12.4. The Kier molecular flexibility index (Phi) is 3.79. The minimum absolute atomic E-state index is 0.741. The van der Waals surface area contributed by atoms with Crippen LogP contribution in [0.4, 0.5) is 0 Å². The van der Waals surface area contributed by atoms with E-state index >= 15 is 0 Å². The summed E-state index contributed by atoms with van der Waals surface area (Å²) in [7, 11) is 0. The van der Waals surface area contributed by atoms with E-state index in [1.54, 1.807) is 6.20 Å². The quantitative estimate of drug-likeness (QED) is 0.793. The first-order valence-corrected chi connectivity index (χ1v) is 6.79. The van der Waals surface area contributed by atoms with E-state index in [4.69, 9.17) is 0 Å². The summed E-state index contributed by atoms with van der Waals surface area (Å²) >= 11 is 4.94. The fourth-order valence-corrected chi connectivity index (χ4v) is 2.63. The van der Waals surface area contributed by atoms with E-state index in [1.165, 1.54) is 11.8 Å². The van der Waals surface area contributed by atoms with Gasteiger partial charge in [-0.1, -0.05) is 0 Å². The van der Waals surface area contributed by atoms with Crippen LogP contribution in [0.15, 0.2) is 33.0 Å². The normalized spacial score (nSPS) is 10.6. The van der Waals surface area contributed by atoms with Crippen molar-refractivity contribution in [2.75, 3.05) is 0 Å². The topological polar surface area (TPSA) is 38.7 Å². The summed E-state index contributed by atoms with van der Waals surface area (Å²) in [6, 6.07) is 3.85. The Morgan fingerprint density at radius 1 is 1.12 bits per heavy atom. The van der Waals surface area contributed by atoms with Gasteiger partial charge in [0, 0.05) is 17.6 Å². The van der Waals surface area contributed by atoms with E-state index in [-0.39, 0.29) is 0 Å². The third kappa shape index (κ3) is 2.84. The lowest BCUT2D eigenvalue weighted by atomic mass is 10.2. The van der Waals surface area contributed by atoms with Crippen molar-refractivity contribution >= 4 is 27.7 Å². The van der Waals surface area contributed by atoms with Crippen LogP contribution in [0.1, 0.15) is 17.0 Å². The fraction of sp³-hybridized carbons (Fsp3) is 0.250. The summed E-state index contributed by atoms with van der Waals surface area (Å²) in [6.45, 7) is 6.04. The molecular weight excluding hydrogens is 298 g/mol. The van der Waals surface area contributed by atoms with Gasteiger partial charge in [0.15, 0.2) is 5.16 Å². The van der Waals surface area contributed by atoms with Gasteiger partial charge in [-0.15, -0.1) is 0 Å². The lowest BCUT2D eigenvalue weighted by molar-refractivity contribution is 0.877. The number of nitrogens with zero attached hydrogens (tertiary/aromatic N) is 3. The van der Waals surface area contributed by atoms with Gasteiger partial charge < -0.3 is 0 Å². The monoisotopic (exact) mass is 309 g/mol. The fourth-order valence-electron chi connectivity index (χ4n) is 1.32. The number of halogens is 1. The van der Waals surface area contributed by atoms with Crippen molar-refractivity contribution in [2.24, 2.45) is 0 Å². The SMILES string of the molecule is Cc1nc(Sc2ncccc2Br)nc(C)c1C. The Hall–Kier alpha value is -0.940. The molecule has 0 saturated heterocycles. The molecule has 0 N–H and O–H groups in total. The van der Waals surface area contributed by atoms with Crippen molar-refractivity contribution in [3.8, 4) is 0 Å². The molecule has 0 fully saturated rings. The van der Waals surface area contributed by atoms with Crippen molar-refractivity contribution in [1.82, 2.24) is 15.0 Å². The van der Waals surface area contributed by atoms with Crippen LogP contribution < -0.4 is 0 Å². The van der Waals surface area contributed by atoms with E-state index in [9.17, 15) is 0 Å². The van der Waals surface area contributed by atoms with Crippen LogP contribution in [-0.4, -0.2) is 15.0 Å². The minimum Gasteiger partial charge on any atom is -0.248 e. The van der Waals surface area contributed by atoms with Crippen molar-refractivity contribution in [1.29, 1.82) is 0 Å². The van der Waals surface area contributed by atoms with Gasteiger partial charge in [0.05, 0.1) is 4.47 Å². The third-order valence-corrected chi connectivity index (χ3v) is 4.31. The minimum atomic E-state index is 0.741. The molecule has 2 aromatic rings. The zero-order valence-corrected chi connectivity index (χ0v) is 12.3. The highest BCUT2D eigenvalue weighted by Crippen LogP contribution is 2.29. The molecule has 0 aliphatic rings. The predicted octanol–water partition coefficient (Wildman–Crippen LogP) is 3.71. The number of aromatic nitrogens is 3. The lowest BCUT2D eigenvalue weighted by Crippen LogP contribution is -1.98. The van der Waals surface area contributed by atoms with Crippen LogP contribution >= 0.6 is 27.7 Å². The highest BCUT2D eigenvalue weighted by molar-refractivity contribution is 9.10. The zero-order valence-electron chi connectivity index (χ0n) is 9.86. The molecule has 0 aliphatic carbocycles. The standard InChI is InChI=1S/C12H12BrN3S/c1-7-8(2)15-12(16-9(7)3)17-11-10(13)5-4-6-14-11/h4-6H,1-3H3. The molecule has 2 aromatic heterocycles. The molecule has 0 unspecified atom stereocenters. The second kappa shape index (κ2) is 5.14. The molecule has 17 heavy (non-hydrogen) atoms. The first kappa shape index (κ1) is 12.5. The molecule has 0 aliphatic heterocycles. The Balaban J connectivity index is 2.34. The summed E-state index contributed by atoms with van der Waals surface area (Å²) in [5.74, 6) is 0. The van der Waals surface area contributed by atoms with Crippen LogP contribution in [-0.2, 0) is 0 Å². The van der Waals surface area contributed by atoms with Crippen LogP contribution in [0.25, 0.3) is 0 Å². The summed E-state index contributed by atoms with van der Waals surface area (Å²) in [6.07, 6.45) is 1.76. The van der Waals surface area contributed by atoms with Crippen molar-refractivity contribution in [2.45, 2.75) is 31.0 Å². The second-order valence-corrected chi connectivity index (χ2v) is 5.50. The average Bonchev–Trinajstić information content (AvgIpc) is 2.29. The van der Waals surface area contributed by atoms with E-state index in [2.05, 4.69) is 30.9 Å². The van der Waals surface area contributed by atoms with Crippen LogP contribution in [0.3, 0.4) is 0 Å². The van der Waals surface area contributed by atoms with Crippen molar-refractivity contribution in [3.05, 3.63) is 39.8 Å². The number of aryl methyl sites for hydroxylation is 2. The Labute approximate surface area is 113 Å². The van der Waals surface area contributed by atoms with Crippen LogP contribution in [0.5, 0.6) is 0 Å². The van der Waals surface area contributed by atoms with Gasteiger partial charge in [-0.05, 0) is 66.2 Å². The molecule has 0 saturated carbocycles. The summed E-state index contributed by atoms with van der Waals surface area (Å²) in [5.41, 5.74) is 3.19. The number of rotatable bonds is 2. The molecule has 3 nitrogen and oxygen atoms in total. The molecule has 0 amide bonds. The molecule has 88 valence electrons. The van der Waals surface area contributed by atoms with E-state index < -0.39 is 0 Å². The Bertz CT molecular complexity index is 534. The van der Waals surface area contributed by atoms with Crippen molar-refractivity contribution < 1.29 is 0 Å². The second-order valence-electron chi connectivity index (χ2n) is 3.69. The Morgan fingerprint density at radius 2 is 1.76 bits per heavy atom. The first-order chi connectivity index (χ1) is 8.08. The summed E-state index contributed by atoms with van der Waals surface area (Å²) in [4.78, 5) is 13.2. The molecule has 0 spiro atoms. The molecule has 0 aromatic carbocycles. The number of hydrogen-bond acceptors (Lipinski definition) is 4. The molecule has 2 heterocycles. The van der Waals surface area contributed by atoms with E-state index in [0.29, 0.717) is 0 Å². The summed E-state index contributed by atoms with van der Waals surface area (Å²) < 4.78 is 0.962. The first-order valence-electron chi connectivity index (χ1n) is 5.18. The van der Waals surface area contributed by atoms with Crippen molar-refractivity contribution in [3.63, 3.8) is 0 Å². The molecule has 5 heteroatoms. The smallest absolute Gasteiger partial charge is 0.194 e. The van der Waals surface area contributed by atoms with Gasteiger partial charge in [0.25, 0.3) is 0 Å². The van der Waals surface area contributed by atoms with Gasteiger partial charge in [-0.3, -0.25) is 0 Å². The van der Waals surface area contributed by atoms with Crippen LogP contribution in [0.2, 0.25) is 0 Å². The van der Waals surface area contributed by atoms with Crippen LogP contribution in [0, 0.1) is 20.8 Å². The Morgan fingerprint density at radius 3 is 2.35 bits per heavy atom. The number of pyridine rings is 1.